The molecule has 3 heterocycles. The van der Waals surface area contributed by atoms with Gasteiger partial charge in [0.05, 0.1) is 16.9 Å². The zero-order valence-corrected chi connectivity index (χ0v) is 16.9. The summed E-state index contributed by atoms with van der Waals surface area (Å²) in [5.74, 6) is 1.08. The molecular formula is C21H23N7O. The second-order valence-corrected chi connectivity index (χ2v) is 6.95. The maximum atomic E-state index is 11.5. The highest BCUT2D eigenvalue weighted by Gasteiger charge is 2.15. The second-order valence-electron chi connectivity index (χ2n) is 6.95. The number of H-pyrrole nitrogens is 1. The first-order valence-corrected chi connectivity index (χ1v) is 9.48. The standard InChI is InChI=1S/C21H23N7O/c1-5-14-10-23-21(25-18-9-12(2)28(4)27-18)26-19(14)16-11-22-20-15(16)7-6-8-17(20)24-13(3)29/h6-11,22H,5H2,1-4H3,(H,24,29)(H,23,25,26,27). The first-order valence-electron chi connectivity index (χ1n) is 9.48. The van der Waals surface area contributed by atoms with Gasteiger partial charge >= 0.3 is 0 Å². The van der Waals surface area contributed by atoms with Crippen LogP contribution in [0.2, 0.25) is 0 Å². The molecule has 1 amide bonds. The number of anilines is 3. The van der Waals surface area contributed by atoms with Crippen LogP contribution >= 0.6 is 0 Å². The highest BCUT2D eigenvalue weighted by Crippen LogP contribution is 2.33. The van der Waals surface area contributed by atoms with Crippen molar-refractivity contribution < 1.29 is 4.79 Å². The van der Waals surface area contributed by atoms with E-state index in [1.807, 2.05) is 50.6 Å². The molecule has 0 radical (unpaired) electrons. The molecule has 0 bridgehead atoms. The molecule has 0 fully saturated rings. The van der Waals surface area contributed by atoms with Gasteiger partial charge in [0.1, 0.15) is 0 Å². The van der Waals surface area contributed by atoms with E-state index >= 15 is 0 Å². The van der Waals surface area contributed by atoms with Crippen LogP contribution in [0.3, 0.4) is 0 Å². The quantitative estimate of drug-likeness (QED) is 0.480. The lowest BCUT2D eigenvalue weighted by molar-refractivity contribution is -0.114. The van der Waals surface area contributed by atoms with Gasteiger partial charge in [0.25, 0.3) is 0 Å². The number of carbonyl (C=O) groups excluding carboxylic acids is 1. The van der Waals surface area contributed by atoms with E-state index in [1.54, 1.807) is 4.68 Å². The Balaban J connectivity index is 1.78. The number of fused-ring (bicyclic) bond motifs is 1. The van der Waals surface area contributed by atoms with Gasteiger partial charge in [0.15, 0.2) is 5.82 Å². The first-order chi connectivity index (χ1) is 14.0. The Morgan fingerprint density at radius 1 is 1.31 bits per heavy atom. The van der Waals surface area contributed by atoms with E-state index in [2.05, 4.69) is 32.6 Å². The van der Waals surface area contributed by atoms with Crippen molar-refractivity contribution in [2.45, 2.75) is 27.2 Å². The summed E-state index contributed by atoms with van der Waals surface area (Å²) < 4.78 is 1.80. The number of carbonyl (C=O) groups is 1. The summed E-state index contributed by atoms with van der Waals surface area (Å²) in [5, 5.41) is 11.4. The first kappa shape index (κ1) is 18.7. The molecule has 0 aliphatic heterocycles. The number of hydrogen-bond donors (Lipinski definition) is 3. The molecule has 0 saturated carbocycles. The molecule has 3 aromatic heterocycles. The minimum absolute atomic E-state index is 0.109. The van der Waals surface area contributed by atoms with E-state index < -0.39 is 0 Å². The average molecular weight is 389 g/mol. The van der Waals surface area contributed by atoms with Gasteiger partial charge in [-0.05, 0) is 25.0 Å². The highest BCUT2D eigenvalue weighted by atomic mass is 16.1. The Morgan fingerprint density at radius 3 is 2.83 bits per heavy atom. The number of rotatable bonds is 5. The van der Waals surface area contributed by atoms with Gasteiger partial charge in [-0.2, -0.15) is 5.10 Å². The lowest BCUT2D eigenvalue weighted by Gasteiger charge is -2.09. The predicted octanol–water partition coefficient (Wildman–Crippen LogP) is 3.93. The molecule has 0 aliphatic carbocycles. The van der Waals surface area contributed by atoms with Crippen molar-refractivity contribution in [2.24, 2.45) is 7.05 Å². The molecule has 1 aromatic carbocycles. The van der Waals surface area contributed by atoms with Crippen LogP contribution in [0.15, 0.2) is 36.7 Å². The predicted molar refractivity (Wildman–Crippen MR) is 114 cm³/mol. The molecule has 3 N–H and O–H groups in total. The number of aromatic nitrogens is 5. The lowest BCUT2D eigenvalue weighted by Crippen LogP contribution is -2.05. The Labute approximate surface area is 168 Å². The Bertz CT molecular complexity index is 1190. The van der Waals surface area contributed by atoms with Crippen LogP contribution in [-0.4, -0.2) is 30.6 Å². The van der Waals surface area contributed by atoms with Gasteiger partial charge in [0.2, 0.25) is 11.9 Å². The fourth-order valence-electron chi connectivity index (χ4n) is 3.34. The van der Waals surface area contributed by atoms with E-state index in [-0.39, 0.29) is 5.91 Å². The highest BCUT2D eigenvalue weighted by molar-refractivity contribution is 6.05. The second kappa shape index (κ2) is 7.38. The fraction of sp³-hybridized carbons (Fsp3) is 0.238. The molecule has 29 heavy (non-hydrogen) atoms. The summed E-state index contributed by atoms with van der Waals surface area (Å²) in [6.45, 7) is 5.57. The SMILES string of the molecule is CCc1cnc(Nc2cc(C)n(C)n2)nc1-c1c[nH]c2c(NC(C)=O)cccc12. The maximum absolute atomic E-state index is 11.5. The zero-order chi connectivity index (χ0) is 20.5. The monoisotopic (exact) mass is 389 g/mol. The Kier molecular flexibility index (Phi) is 4.75. The maximum Gasteiger partial charge on any atom is 0.228 e. The van der Waals surface area contributed by atoms with Gasteiger partial charge in [-0.25, -0.2) is 9.97 Å². The fourth-order valence-corrected chi connectivity index (χ4v) is 3.34. The molecule has 4 rings (SSSR count). The number of nitrogens with zero attached hydrogens (tertiary/aromatic N) is 4. The van der Waals surface area contributed by atoms with Crippen molar-refractivity contribution in [3.05, 3.63) is 47.9 Å². The van der Waals surface area contributed by atoms with Crippen molar-refractivity contribution in [1.82, 2.24) is 24.7 Å². The van der Waals surface area contributed by atoms with Gasteiger partial charge in [-0.1, -0.05) is 19.1 Å². The molecule has 4 aromatic rings. The van der Waals surface area contributed by atoms with Crippen LogP contribution in [0.1, 0.15) is 25.1 Å². The van der Waals surface area contributed by atoms with Gasteiger partial charge < -0.3 is 15.6 Å². The normalized spacial score (nSPS) is 11.0. The summed E-state index contributed by atoms with van der Waals surface area (Å²) in [6.07, 6.45) is 4.57. The smallest absolute Gasteiger partial charge is 0.228 e. The molecular weight excluding hydrogens is 366 g/mol. The largest absolute Gasteiger partial charge is 0.359 e. The summed E-state index contributed by atoms with van der Waals surface area (Å²) in [5.41, 5.74) is 5.51. The number of aromatic amines is 1. The van der Waals surface area contributed by atoms with E-state index in [0.717, 1.165) is 45.5 Å². The van der Waals surface area contributed by atoms with Crippen LogP contribution in [0.5, 0.6) is 0 Å². The molecule has 0 saturated heterocycles. The summed E-state index contributed by atoms with van der Waals surface area (Å²) in [4.78, 5) is 24.0. The molecule has 0 spiro atoms. The van der Waals surface area contributed by atoms with Crippen LogP contribution in [0.4, 0.5) is 17.5 Å². The molecule has 0 aliphatic rings. The minimum atomic E-state index is -0.109. The Morgan fingerprint density at radius 2 is 2.14 bits per heavy atom. The zero-order valence-electron chi connectivity index (χ0n) is 16.9. The van der Waals surface area contributed by atoms with Crippen molar-refractivity contribution in [3.8, 4) is 11.3 Å². The topological polar surface area (TPSA) is 101 Å². The number of para-hydroxylation sites is 1. The van der Waals surface area contributed by atoms with E-state index in [9.17, 15) is 4.79 Å². The molecule has 0 atom stereocenters. The van der Waals surface area contributed by atoms with Crippen molar-refractivity contribution in [1.29, 1.82) is 0 Å². The third-order valence-corrected chi connectivity index (χ3v) is 4.88. The summed E-state index contributed by atoms with van der Waals surface area (Å²) in [7, 11) is 1.89. The lowest BCUT2D eigenvalue weighted by atomic mass is 10.0. The Hall–Kier alpha value is -3.68. The average Bonchev–Trinajstić information content (AvgIpc) is 3.25. The number of hydrogen-bond acceptors (Lipinski definition) is 5. The van der Waals surface area contributed by atoms with E-state index in [4.69, 9.17) is 4.98 Å². The molecule has 8 heteroatoms. The van der Waals surface area contributed by atoms with Gasteiger partial charge in [-0.15, -0.1) is 0 Å². The van der Waals surface area contributed by atoms with Crippen LogP contribution in [-0.2, 0) is 18.3 Å². The molecule has 0 unspecified atom stereocenters. The van der Waals surface area contributed by atoms with Crippen molar-refractivity contribution in [2.75, 3.05) is 10.6 Å². The van der Waals surface area contributed by atoms with Crippen LogP contribution in [0.25, 0.3) is 22.2 Å². The minimum Gasteiger partial charge on any atom is -0.359 e. The summed E-state index contributed by atoms with van der Waals surface area (Å²) in [6, 6.07) is 7.76. The van der Waals surface area contributed by atoms with Crippen LogP contribution in [0, 0.1) is 6.92 Å². The summed E-state index contributed by atoms with van der Waals surface area (Å²) >= 11 is 0. The van der Waals surface area contributed by atoms with E-state index in [0.29, 0.717) is 11.8 Å². The van der Waals surface area contributed by atoms with Gasteiger partial charge in [-0.3, -0.25) is 9.48 Å². The molecule has 8 nitrogen and oxygen atoms in total. The van der Waals surface area contributed by atoms with E-state index in [1.165, 1.54) is 6.92 Å². The van der Waals surface area contributed by atoms with Crippen molar-refractivity contribution >= 4 is 34.3 Å². The van der Waals surface area contributed by atoms with Crippen LogP contribution < -0.4 is 10.6 Å². The number of amides is 1. The number of nitrogens with one attached hydrogen (secondary N) is 3. The number of aryl methyl sites for hydroxylation is 3. The van der Waals surface area contributed by atoms with Gasteiger partial charge in [0, 0.05) is 49.1 Å². The third-order valence-electron chi connectivity index (χ3n) is 4.88. The van der Waals surface area contributed by atoms with Crippen molar-refractivity contribution in [3.63, 3.8) is 0 Å². The number of benzene rings is 1. The third kappa shape index (κ3) is 3.56. The molecule has 148 valence electrons.